The molecule has 0 spiro atoms. The molecular weight excluding hydrogens is 210 g/mol. The predicted molar refractivity (Wildman–Crippen MR) is 61.2 cm³/mol. The van der Waals surface area contributed by atoms with E-state index in [0.29, 0.717) is 0 Å². The van der Waals surface area contributed by atoms with Crippen molar-refractivity contribution in [3.8, 4) is 0 Å². The van der Waals surface area contributed by atoms with E-state index < -0.39 is 0 Å². The first kappa shape index (κ1) is 9.19. The molecule has 1 aromatic heterocycles. The molecule has 0 atom stereocenters. The molecule has 1 aliphatic rings. The zero-order valence-corrected chi connectivity index (χ0v) is 9.01. The monoisotopic (exact) mass is 221 g/mol. The molecule has 0 bridgehead atoms. The Morgan fingerprint density at radius 2 is 2.27 bits per heavy atom. The van der Waals surface area contributed by atoms with Gasteiger partial charge in [0.2, 0.25) is 0 Å². The van der Waals surface area contributed by atoms with E-state index in [0.717, 1.165) is 47.3 Å². The molecule has 4 heteroatoms. The quantitative estimate of drug-likeness (QED) is 0.814. The second kappa shape index (κ2) is 3.51. The van der Waals surface area contributed by atoms with E-state index in [1.54, 1.807) is 0 Å². The fraction of sp³-hybridized carbons (Fsp3) is 0.364. The molecule has 78 valence electrons. The van der Waals surface area contributed by atoms with Gasteiger partial charge in [0.1, 0.15) is 5.82 Å². The highest BCUT2D eigenvalue weighted by Gasteiger charge is 2.18. The van der Waals surface area contributed by atoms with Crippen LogP contribution in [0.1, 0.15) is 5.82 Å². The van der Waals surface area contributed by atoms with Crippen molar-refractivity contribution in [1.29, 1.82) is 0 Å². The standard InChI is InChI=1S/C11H12ClN3/c12-8-1-2-9-10(4-8)15-11(14-9)3-7-5-13-6-7/h1-2,4,7,13H,3,5-6H2,(H,14,15). The Balaban J connectivity index is 1.91. The summed E-state index contributed by atoms with van der Waals surface area (Å²) in [6, 6.07) is 5.75. The van der Waals surface area contributed by atoms with Gasteiger partial charge in [0.25, 0.3) is 0 Å². The molecule has 2 N–H and O–H groups in total. The molecule has 0 aliphatic carbocycles. The maximum atomic E-state index is 5.91. The highest BCUT2D eigenvalue weighted by molar-refractivity contribution is 6.31. The highest BCUT2D eigenvalue weighted by Crippen LogP contribution is 2.19. The van der Waals surface area contributed by atoms with E-state index in [1.807, 2.05) is 18.2 Å². The van der Waals surface area contributed by atoms with Crippen molar-refractivity contribution in [2.75, 3.05) is 13.1 Å². The topological polar surface area (TPSA) is 40.7 Å². The average molecular weight is 222 g/mol. The van der Waals surface area contributed by atoms with Crippen LogP contribution in [0, 0.1) is 5.92 Å². The van der Waals surface area contributed by atoms with Crippen molar-refractivity contribution in [3.63, 3.8) is 0 Å². The van der Waals surface area contributed by atoms with Gasteiger partial charge in [0, 0.05) is 11.4 Å². The lowest BCUT2D eigenvalue weighted by Crippen LogP contribution is -2.43. The first-order chi connectivity index (χ1) is 7.31. The maximum absolute atomic E-state index is 5.91. The molecule has 3 rings (SSSR count). The van der Waals surface area contributed by atoms with Gasteiger partial charge in [-0.15, -0.1) is 0 Å². The van der Waals surface area contributed by atoms with Gasteiger partial charge in [-0.1, -0.05) is 11.6 Å². The van der Waals surface area contributed by atoms with Crippen molar-refractivity contribution < 1.29 is 0 Å². The second-order valence-electron chi connectivity index (χ2n) is 4.07. The third-order valence-corrected chi connectivity index (χ3v) is 3.08. The van der Waals surface area contributed by atoms with E-state index in [-0.39, 0.29) is 0 Å². The summed E-state index contributed by atoms with van der Waals surface area (Å²) < 4.78 is 0. The van der Waals surface area contributed by atoms with Crippen LogP contribution in [-0.4, -0.2) is 23.1 Å². The molecule has 3 nitrogen and oxygen atoms in total. The zero-order valence-electron chi connectivity index (χ0n) is 8.26. The average Bonchev–Trinajstić information content (AvgIpc) is 2.53. The number of hydrogen-bond acceptors (Lipinski definition) is 2. The summed E-state index contributed by atoms with van der Waals surface area (Å²) in [4.78, 5) is 7.85. The highest BCUT2D eigenvalue weighted by atomic mass is 35.5. The van der Waals surface area contributed by atoms with Gasteiger partial charge in [0.15, 0.2) is 0 Å². The van der Waals surface area contributed by atoms with Gasteiger partial charge in [-0.2, -0.15) is 0 Å². The van der Waals surface area contributed by atoms with Crippen molar-refractivity contribution in [2.45, 2.75) is 6.42 Å². The van der Waals surface area contributed by atoms with Gasteiger partial charge < -0.3 is 10.3 Å². The zero-order chi connectivity index (χ0) is 10.3. The fourth-order valence-corrected chi connectivity index (χ4v) is 2.07. The number of nitrogens with one attached hydrogen (secondary N) is 2. The molecule has 0 amide bonds. The van der Waals surface area contributed by atoms with Gasteiger partial charge in [0.05, 0.1) is 11.0 Å². The molecule has 1 aromatic carbocycles. The number of aromatic nitrogens is 2. The minimum absolute atomic E-state index is 0.737. The lowest BCUT2D eigenvalue weighted by Gasteiger charge is -2.25. The Kier molecular flexibility index (Phi) is 2.15. The third-order valence-electron chi connectivity index (χ3n) is 2.84. The largest absolute Gasteiger partial charge is 0.342 e. The molecular formula is C11H12ClN3. The summed E-state index contributed by atoms with van der Waals surface area (Å²) >= 11 is 5.91. The van der Waals surface area contributed by atoms with Gasteiger partial charge >= 0.3 is 0 Å². The number of rotatable bonds is 2. The van der Waals surface area contributed by atoms with Gasteiger partial charge in [-0.3, -0.25) is 0 Å². The van der Waals surface area contributed by atoms with Crippen LogP contribution in [0.5, 0.6) is 0 Å². The SMILES string of the molecule is Clc1ccc2nc(CC3CNC3)[nH]c2c1. The lowest BCUT2D eigenvalue weighted by molar-refractivity contribution is 0.342. The molecule has 0 radical (unpaired) electrons. The third kappa shape index (κ3) is 1.73. The molecule has 2 aromatic rings. The van der Waals surface area contributed by atoms with Crippen LogP contribution < -0.4 is 5.32 Å². The summed E-state index contributed by atoms with van der Waals surface area (Å²) in [6.45, 7) is 2.22. The smallest absolute Gasteiger partial charge is 0.107 e. The predicted octanol–water partition coefficient (Wildman–Crippen LogP) is 1.98. The van der Waals surface area contributed by atoms with Gasteiger partial charge in [-0.05, 0) is 37.2 Å². The van der Waals surface area contributed by atoms with Gasteiger partial charge in [-0.25, -0.2) is 4.98 Å². The van der Waals surface area contributed by atoms with E-state index in [2.05, 4.69) is 15.3 Å². The molecule has 15 heavy (non-hydrogen) atoms. The van der Waals surface area contributed by atoms with Crippen molar-refractivity contribution >= 4 is 22.6 Å². The van der Waals surface area contributed by atoms with Crippen molar-refractivity contribution in [1.82, 2.24) is 15.3 Å². The lowest BCUT2D eigenvalue weighted by atomic mass is 9.99. The van der Waals surface area contributed by atoms with Crippen LogP contribution in [-0.2, 0) is 6.42 Å². The number of aromatic amines is 1. The first-order valence-electron chi connectivity index (χ1n) is 5.16. The minimum Gasteiger partial charge on any atom is -0.342 e. The Bertz CT molecular complexity index is 488. The number of halogens is 1. The summed E-state index contributed by atoms with van der Waals surface area (Å²) in [7, 11) is 0. The molecule has 0 unspecified atom stereocenters. The summed E-state index contributed by atoms with van der Waals surface area (Å²) in [5, 5.41) is 4.01. The Morgan fingerprint density at radius 1 is 1.40 bits per heavy atom. The molecule has 0 saturated carbocycles. The van der Waals surface area contributed by atoms with Crippen LogP contribution in [0.3, 0.4) is 0 Å². The Labute approximate surface area is 92.8 Å². The van der Waals surface area contributed by atoms with E-state index in [9.17, 15) is 0 Å². The summed E-state index contributed by atoms with van der Waals surface area (Å²) in [5.41, 5.74) is 2.03. The first-order valence-corrected chi connectivity index (χ1v) is 5.54. The molecule has 1 saturated heterocycles. The number of benzene rings is 1. The van der Waals surface area contributed by atoms with E-state index in [1.165, 1.54) is 0 Å². The summed E-state index contributed by atoms with van der Waals surface area (Å²) in [6.07, 6.45) is 1.03. The number of H-pyrrole nitrogens is 1. The number of hydrogen-bond donors (Lipinski definition) is 2. The van der Waals surface area contributed by atoms with E-state index >= 15 is 0 Å². The normalized spacial score (nSPS) is 16.9. The minimum atomic E-state index is 0.737. The number of fused-ring (bicyclic) bond motifs is 1. The summed E-state index contributed by atoms with van der Waals surface area (Å²) in [5.74, 6) is 1.81. The van der Waals surface area contributed by atoms with Crippen LogP contribution >= 0.6 is 11.6 Å². The maximum Gasteiger partial charge on any atom is 0.107 e. The van der Waals surface area contributed by atoms with E-state index in [4.69, 9.17) is 11.6 Å². The van der Waals surface area contributed by atoms with Crippen molar-refractivity contribution in [3.05, 3.63) is 29.0 Å². The molecule has 1 aliphatic heterocycles. The molecule has 1 fully saturated rings. The molecule has 2 heterocycles. The number of imidazole rings is 1. The van der Waals surface area contributed by atoms with Crippen molar-refractivity contribution in [2.24, 2.45) is 5.92 Å². The Morgan fingerprint density at radius 3 is 3.00 bits per heavy atom. The Hall–Kier alpha value is -1.06. The van der Waals surface area contributed by atoms with Crippen LogP contribution in [0.15, 0.2) is 18.2 Å². The fourth-order valence-electron chi connectivity index (χ4n) is 1.90. The van der Waals surface area contributed by atoms with Crippen LogP contribution in [0.25, 0.3) is 11.0 Å². The van der Waals surface area contributed by atoms with Crippen LogP contribution in [0.2, 0.25) is 5.02 Å². The van der Waals surface area contributed by atoms with Crippen LogP contribution in [0.4, 0.5) is 0 Å². The number of nitrogens with zero attached hydrogens (tertiary/aromatic N) is 1. The second-order valence-corrected chi connectivity index (χ2v) is 4.51.